The summed E-state index contributed by atoms with van der Waals surface area (Å²) in [6.45, 7) is 1.38. The van der Waals surface area contributed by atoms with E-state index in [0.29, 0.717) is 18.4 Å². The van der Waals surface area contributed by atoms with Crippen LogP contribution in [0.2, 0.25) is 0 Å². The molecule has 1 aromatic heterocycles. The van der Waals surface area contributed by atoms with E-state index in [0.717, 1.165) is 13.1 Å². The van der Waals surface area contributed by atoms with Crippen LogP contribution in [0.25, 0.3) is 0 Å². The minimum atomic E-state index is -0.710. The molecule has 0 unspecified atom stereocenters. The Morgan fingerprint density at radius 2 is 2.21 bits per heavy atom. The number of carbonyl (C=O) groups excluding carboxylic acids is 1. The monoisotopic (exact) mass is 332 g/mol. The molecule has 1 aliphatic rings. The molecule has 2 heterocycles. The molecule has 7 heteroatoms. The van der Waals surface area contributed by atoms with Gasteiger partial charge in [0.1, 0.15) is 11.4 Å². The lowest BCUT2D eigenvalue weighted by molar-refractivity contribution is -0.132. The maximum atomic E-state index is 13.7. The molecule has 24 heavy (non-hydrogen) atoms. The van der Waals surface area contributed by atoms with Crippen molar-refractivity contribution in [3.63, 3.8) is 0 Å². The highest BCUT2D eigenvalue weighted by atomic mass is 19.1. The predicted octanol–water partition coefficient (Wildman–Crippen LogP) is 0.910. The third-order valence-corrected chi connectivity index (χ3v) is 4.54. The van der Waals surface area contributed by atoms with Gasteiger partial charge < -0.3 is 15.7 Å². The van der Waals surface area contributed by atoms with Gasteiger partial charge in [0.25, 0.3) is 0 Å². The fourth-order valence-electron chi connectivity index (χ4n) is 3.10. The molecule has 0 saturated carbocycles. The van der Waals surface area contributed by atoms with E-state index in [1.54, 1.807) is 29.2 Å². The summed E-state index contributed by atoms with van der Waals surface area (Å²) in [6, 6.07) is 6.39. The SMILES string of the molecule is O=C(NCc1ccc(CO)c(F)c1)C1(n2cccn2)CCNCC1. The van der Waals surface area contributed by atoms with Crippen molar-refractivity contribution in [2.75, 3.05) is 13.1 Å². The topological polar surface area (TPSA) is 79.2 Å². The minimum absolute atomic E-state index is 0.112. The van der Waals surface area contributed by atoms with Gasteiger partial charge in [-0.1, -0.05) is 12.1 Å². The first-order valence-corrected chi connectivity index (χ1v) is 8.03. The number of carbonyl (C=O) groups is 1. The third-order valence-electron chi connectivity index (χ3n) is 4.54. The van der Waals surface area contributed by atoms with E-state index in [2.05, 4.69) is 15.7 Å². The zero-order valence-electron chi connectivity index (χ0n) is 13.3. The summed E-state index contributed by atoms with van der Waals surface area (Å²) in [5, 5.41) is 19.4. The van der Waals surface area contributed by atoms with Crippen molar-refractivity contribution in [1.82, 2.24) is 20.4 Å². The summed E-state index contributed by atoms with van der Waals surface area (Å²) in [5.74, 6) is -0.577. The van der Waals surface area contributed by atoms with E-state index < -0.39 is 11.4 Å². The maximum absolute atomic E-state index is 13.7. The second-order valence-corrected chi connectivity index (χ2v) is 6.00. The smallest absolute Gasteiger partial charge is 0.248 e. The van der Waals surface area contributed by atoms with Crippen LogP contribution in [0, 0.1) is 5.82 Å². The average Bonchev–Trinajstić information content (AvgIpc) is 3.15. The van der Waals surface area contributed by atoms with Gasteiger partial charge in [0.15, 0.2) is 0 Å². The van der Waals surface area contributed by atoms with Crippen LogP contribution in [0.15, 0.2) is 36.7 Å². The van der Waals surface area contributed by atoms with Crippen molar-refractivity contribution in [2.45, 2.75) is 31.5 Å². The fraction of sp³-hybridized carbons (Fsp3) is 0.412. The summed E-state index contributed by atoms with van der Waals surface area (Å²) >= 11 is 0. The highest BCUT2D eigenvalue weighted by molar-refractivity contribution is 5.84. The van der Waals surface area contributed by atoms with Gasteiger partial charge in [-0.25, -0.2) is 4.39 Å². The largest absolute Gasteiger partial charge is 0.392 e. The van der Waals surface area contributed by atoms with Gasteiger partial charge in [0, 0.05) is 24.5 Å². The molecule has 1 saturated heterocycles. The van der Waals surface area contributed by atoms with Gasteiger partial charge in [0.2, 0.25) is 5.91 Å². The van der Waals surface area contributed by atoms with Gasteiger partial charge in [-0.05, 0) is 43.6 Å². The second kappa shape index (κ2) is 7.11. The molecule has 6 nitrogen and oxygen atoms in total. The third kappa shape index (κ3) is 3.18. The zero-order chi connectivity index (χ0) is 17.0. The van der Waals surface area contributed by atoms with Crippen LogP contribution < -0.4 is 10.6 Å². The molecule has 3 rings (SSSR count). The number of nitrogens with one attached hydrogen (secondary N) is 2. The minimum Gasteiger partial charge on any atom is -0.392 e. The van der Waals surface area contributed by atoms with Gasteiger partial charge in [-0.15, -0.1) is 0 Å². The Balaban J connectivity index is 1.73. The number of halogens is 1. The Bertz CT molecular complexity index is 697. The Labute approximate surface area is 139 Å². The number of aromatic nitrogens is 2. The molecule has 128 valence electrons. The Hall–Kier alpha value is -2.25. The lowest BCUT2D eigenvalue weighted by Gasteiger charge is -2.36. The second-order valence-electron chi connectivity index (χ2n) is 6.00. The molecule has 0 radical (unpaired) electrons. The summed E-state index contributed by atoms with van der Waals surface area (Å²) in [6.07, 6.45) is 4.78. The fourth-order valence-corrected chi connectivity index (χ4v) is 3.10. The van der Waals surface area contributed by atoms with Crippen LogP contribution in [0.3, 0.4) is 0 Å². The van der Waals surface area contributed by atoms with Crippen LogP contribution in [0.1, 0.15) is 24.0 Å². The molecule has 0 aliphatic carbocycles. The average molecular weight is 332 g/mol. The number of benzene rings is 1. The number of aliphatic hydroxyl groups excluding tert-OH is 1. The molecule has 2 aromatic rings. The van der Waals surface area contributed by atoms with Crippen molar-refractivity contribution >= 4 is 5.91 Å². The highest BCUT2D eigenvalue weighted by Crippen LogP contribution is 2.27. The number of hydrogen-bond acceptors (Lipinski definition) is 4. The number of hydrogen-bond donors (Lipinski definition) is 3. The number of rotatable bonds is 5. The van der Waals surface area contributed by atoms with Crippen LogP contribution >= 0.6 is 0 Å². The molecule has 0 spiro atoms. The van der Waals surface area contributed by atoms with E-state index in [-0.39, 0.29) is 24.6 Å². The normalized spacial score (nSPS) is 16.8. The number of amides is 1. The lowest BCUT2D eigenvalue weighted by Crippen LogP contribution is -2.54. The Kier molecular flexibility index (Phi) is 4.92. The number of aliphatic hydroxyl groups is 1. The van der Waals surface area contributed by atoms with Crippen LogP contribution in [-0.4, -0.2) is 33.9 Å². The molecule has 1 aromatic carbocycles. The first-order valence-electron chi connectivity index (χ1n) is 8.03. The summed E-state index contributed by atoms with van der Waals surface area (Å²) in [5.41, 5.74) is 0.192. The van der Waals surface area contributed by atoms with Crippen molar-refractivity contribution in [3.05, 3.63) is 53.6 Å². The summed E-state index contributed by atoms with van der Waals surface area (Å²) < 4.78 is 15.5. The molecule has 1 aliphatic heterocycles. The predicted molar refractivity (Wildman–Crippen MR) is 86.5 cm³/mol. The quantitative estimate of drug-likeness (QED) is 0.760. The first kappa shape index (κ1) is 16.6. The van der Waals surface area contributed by atoms with Gasteiger partial charge in [-0.2, -0.15) is 5.10 Å². The molecule has 3 N–H and O–H groups in total. The summed E-state index contributed by atoms with van der Waals surface area (Å²) in [4.78, 5) is 12.9. The van der Waals surface area contributed by atoms with Crippen LogP contribution in [0.5, 0.6) is 0 Å². The van der Waals surface area contributed by atoms with Gasteiger partial charge >= 0.3 is 0 Å². The van der Waals surface area contributed by atoms with E-state index in [1.165, 1.54) is 12.1 Å². The molecule has 1 fully saturated rings. The number of piperidine rings is 1. The van der Waals surface area contributed by atoms with Crippen LogP contribution in [0.4, 0.5) is 4.39 Å². The van der Waals surface area contributed by atoms with Crippen molar-refractivity contribution in [1.29, 1.82) is 0 Å². The molecular formula is C17H21FN4O2. The van der Waals surface area contributed by atoms with E-state index >= 15 is 0 Å². The van der Waals surface area contributed by atoms with Crippen LogP contribution in [-0.2, 0) is 23.5 Å². The van der Waals surface area contributed by atoms with Crippen molar-refractivity contribution in [3.8, 4) is 0 Å². The van der Waals surface area contributed by atoms with Crippen molar-refractivity contribution in [2.24, 2.45) is 0 Å². The molecule has 0 bridgehead atoms. The highest BCUT2D eigenvalue weighted by Gasteiger charge is 2.41. The van der Waals surface area contributed by atoms with E-state index in [4.69, 9.17) is 5.11 Å². The number of nitrogens with zero attached hydrogens (tertiary/aromatic N) is 2. The molecule has 1 amide bonds. The molecular weight excluding hydrogens is 311 g/mol. The van der Waals surface area contributed by atoms with E-state index in [9.17, 15) is 9.18 Å². The van der Waals surface area contributed by atoms with Crippen molar-refractivity contribution < 1.29 is 14.3 Å². The lowest BCUT2D eigenvalue weighted by atomic mass is 9.87. The van der Waals surface area contributed by atoms with Gasteiger partial charge in [0.05, 0.1) is 6.61 Å². The summed E-state index contributed by atoms with van der Waals surface area (Å²) in [7, 11) is 0. The first-order chi connectivity index (χ1) is 11.7. The maximum Gasteiger partial charge on any atom is 0.248 e. The zero-order valence-corrected chi connectivity index (χ0v) is 13.3. The standard InChI is InChI=1S/C17H21FN4O2/c18-15-10-13(2-3-14(15)12-23)11-20-16(24)17(4-7-19-8-5-17)22-9-1-6-21-22/h1-3,6,9-10,19,23H,4-5,7-8,11-12H2,(H,20,24). The molecule has 0 atom stereocenters. The van der Waals surface area contributed by atoms with E-state index in [1.807, 2.05) is 0 Å². The Morgan fingerprint density at radius 1 is 1.42 bits per heavy atom. The Morgan fingerprint density at radius 3 is 2.83 bits per heavy atom. The van der Waals surface area contributed by atoms with Gasteiger partial charge in [-0.3, -0.25) is 9.48 Å².